The minimum atomic E-state index is -3.67. The first kappa shape index (κ1) is 26.4. The maximum atomic E-state index is 9.19. The molecule has 2 N–H and O–H groups in total. The van der Waals surface area contributed by atoms with Gasteiger partial charge in [0.05, 0.1) is 25.6 Å². The summed E-state index contributed by atoms with van der Waals surface area (Å²) in [6.45, 7) is 6.63. The van der Waals surface area contributed by atoms with Crippen LogP contribution in [0.1, 0.15) is 49.8 Å². The van der Waals surface area contributed by atoms with Gasteiger partial charge in [0.15, 0.2) is 11.6 Å². The van der Waals surface area contributed by atoms with Gasteiger partial charge in [0, 0.05) is 18.8 Å². The molecule has 1 aromatic carbocycles. The molecular weight excluding hydrogens is 454 g/mol. The number of nitrogens with zero attached hydrogens (tertiary/aromatic N) is 2. The number of fused-ring (bicyclic) bond motifs is 1. The Morgan fingerprint density at radius 2 is 1.94 bits per heavy atom. The SMILES string of the molecule is CCOc1cccnc1N(CCCC1OCCc2ccccc21)C1CCNCC1.CS(=O)(=O)O. The van der Waals surface area contributed by atoms with Crippen LogP contribution in [0.3, 0.4) is 0 Å². The molecule has 2 aromatic rings. The van der Waals surface area contributed by atoms with Gasteiger partial charge >= 0.3 is 0 Å². The molecule has 3 heterocycles. The first-order valence-electron chi connectivity index (χ1n) is 12.0. The van der Waals surface area contributed by atoms with Crippen LogP contribution in [0.4, 0.5) is 5.82 Å². The van der Waals surface area contributed by atoms with Crippen molar-refractivity contribution < 1.29 is 22.4 Å². The van der Waals surface area contributed by atoms with Gasteiger partial charge in [-0.3, -0.25) is 4.55 Å². The monoisotopic (exact) mass is 491 g/mol. The number of ether oxygens (including phenoxy) is 2. The highest BCUT2D eigenvalue weighted by atomic mass is 32.2. The third-order valence-corrected chi connectivity index (χ3v) is 6.03. The summed E-state index contributed by atoms with van der Waals surface area (Å²) in [5.41, 5.74) is 2.82. The Morgan fingerprint density at radius 1 is 1.21 bits per heavy atom. The third-order valence-electron chi connectivity index (χ3n) is 6.03. The molecule has 1 saturated heterocycles. The highest BCUT2D eigenvalue weighted by molar-refractivity contribution is 7.85. The molecule has 1 atom stereocenters. The molecule has 1 unspecified atom stereocenters. The molecule has 0 amide bonds. The summed E-state index contributed by atoms with van der Waals surface area (Å²) in [4.78, 5) is 7.21. The van der Waals surface area contributed by atoms with Crippen LogP contribution >= 0.6 is 0 Å². The first-order chi connectivity index (χ1) is 16.4. The van der Waals surface area contributed by atoms with Crippen molar-refractivity contribution in [1.29, 1.82) is 0 Å². The molecule has 188 valence electrons. The molecule has 0 saturated carbocycles. The molecule has 0 radical (unpaired) electrons. The van der Waals surface area contributed by atoms with Crippen LogP contribution in [-0.4, -0.2) is 63.1 Å². The average Bonchev–Trinajstić information content (AvgIpc) is 2.82. The van der Waals surface area contributed by atoms with Gasteiger partial charge in [0.1, 0.15) is 0 Å². The van der Waals surface area contributed by atoms with Crippen LogP contribution in [0.5, 0.6) is 5.75 Å². The summed E-state index contributed by atoms with van der Waals surface area (Å²) in [5.74, 6) is 1.89. The van der Waals surface area contributed by atoms with Crippen molar-refractivity contribution in [1.82, 2.24) is 10.3 Å². The van der Waals surface area contributed by atoms with E-state index in [1.54, 1.807) is 0 Å². The van der Waals surface area contributed by atoms with Gasteiger partial charge < -0.3 is 19.7 Å². The van der Waals surface area contributed by atoms with E-state index in [9.17, 15) is 8.42 Å². The zero-order chi connectivity index (χ0) is 24.4. The first-order valence-corrected chi connectivity index (χ1v) is 13.9. The number of aromatic nitrogens is 1. The number of hydrogen-bond acceptors (Lipinski definition) is 7. The second-order valence-corrected chi connectivity index (χ2v) is 10.1. The Bertz CT molecular complexity index is 988. The number of anilines is 1. The summed E-state index contributed by atoms with van der Waals surface area (Å²) < 4.78 is 37.9. The summed E-state index contributed by atoms with van der Waals surface area (Å²) in [6, 6.07) is 13.2. The fourth-order valence-corrected chi connectivity index (χ4v) is 4.61. The summed E-state index contributed by atoms with van der Waals surface area (Å²) in [7, 11) is -3.67. The largest absolute Gasteiger partial charge is 0.490 e. The molecule has 34 heavy (non-hydrogen) atoms. The van der Waals surface area contributed by atoms with E-state index < -0.39 is 10.1 Å². The lowest BCUT2D eigenvalue weighted by Crippen LogP contribution is -2.44. The molecule has 0 bridgehead atoms. The predicted octanol–water partition coefficient (Wildman–Crippen LogP) is 3.64. The quantitative estimate of drug-likeness (QED) is 0.540. The summed E-state index contributed by atoms with van der Waals surface area (Å²) in [5, 5.41) is 3.48. The van der Waals surface area contributed by atoms with E-state index >= 15 is 0 Å². The van der Waals surface area contributed by atoms with E-state index in [2.05, 4.69) is 34.5 Å². The minimum Gasteiger partial charge on any atom is -0.490 e. The van der Waals surface area contributed by atoms with E-state index in [0.29, 0.717) is 18.9 Å². The average molecular weight is 492 g/mol. The molecule has 9 heteroatoms. The lowest BCUT2D eigenvalue weighted by atomic mass is 9.94. The highest BCUT2D eigenvalue weighted by Crippen LogP contribution is 2.33. The molecular formula is C25H37N3O5S. The maximum absolute atomic E-state index is 9.19. The fourth-order valence-electron chi connectivity index (χ4n) is 4.61. The molecule has 4 rings (SSSR count). The lowest BCUT2D eigenvalue weighted by molar-refractivity contribution is 0.0355. The molecule has 2 aliphatic rings. The van der Waals surface area contributed by atoms with E-state index in [1.165, 1.54) is 11.1 Å². The molecule has 0 aliphatic carbocycles. The third kappa shape index (κ3) is 8.23. The van der Waals surface area contributed by atoms with Crippen molar-refractivity contribution in [2.45, 2.75) is 51.2 Å². The molecule has 2 aliphatic heterocycles. The highest BCUT2D eigenvalue weighted by Gasteiger charge is 2.26. The zero-order valence-corrected chi connectivity index (χ0v) is 21.0. The fraction of sp³-hybridized carbons (Fsp3) is 0.560. The van der Waals surface area contributed by atoms with Gasteiger partial charge in [-0.15, -0.1) is 0 Å². The summed E-state index contributed by atoms with van der Waals surface area (Å²) >= 11 is 0. The van der Waals surface area contributed by atoms with Gasteiger partial charge in [0.2, 0.25) is 0 Å². The van der Waals surface area contributed by atoms with Crippen molar-refractivity contribution in [2.75, 3.05) is 44.0 Å². The van der Waals surface area contributed by atoms with Crippen molar-refractivity contribution in [3.05, 3.63) is 53.7 Å². The molecule has 1 aromatic heterocycles. The van der Waals surface area contributed by atoms with Crippen molar-refractivity contribution in [3.63, 3.8) is 0 Å². The Hall–Kier alpha value is -2.20. The molecule has 8 nitrogen and oxygen atoms in total. The minimum absolute atomic E-state index is 0.213. The van der Waals surface area contributed by atoms with E-state index in [4.69, 9.17) is 19.0 Å². The maximum Gasteiger partial charge on any atom is 0.261 e. The van der Waals surface area contributed by atoms with E-state index in [1.807, 2.05) is 25.3 Å². The Balaban J connectivity index is 0.000000588. The van der Waals surface area contributed by atoms with Crippen LogP contribution in [-0.2, 0) is 21.3 Å². The van der Waals surface area contributed by atoms with E-state index in [0.717, 1.165) is 69.9 Å². The second kappa shape index (κ2) is 13.0. The number of pyridine rings is 1. The Kier molecular flexibility index (Phi) is 10.1. The Morgan fingerprint density at radius 3 is 2.68 bits per heavy atom. The number of benzene rings is 1. The van der Waals surface area contributed by atoms with Gasteiger partial charge in [-0.1, -0.05) is 24.3 Å². The van der Waals surface area contributed by atoms with Crippen LogP contribution in [0.2, 0.25) is 0 Å². The van der Waals surface area contributed by atoms with Crippen molar-refractivity contribution in [2.24, 2.45) is 0 Å². The number of piperidine rings is 1. The molecule has 0 spiro atoms. The van der Waals surface area contributed by atoms with Crippen molar-refractivity contribution in [3.8, 4) is 5.75 Å². The van der Waals surface area contributed by atoms with Gasteiger partial charge in [-0.05, 0) is 75.4 Å². The van der Waals surface area contributed by atoms with Crippen molar-refractivity contribution >= 4 is 15.9 Å². The van der Waals surface area contributed by atoms with Gasteiger partial charge in [0.25, 0.3) is 10.1 Å². The Labute approximate surface area is 203 Å². The smallest absolute Gasteiger partial charge is 0.261 e. The lowest BCUT2D eigenvalue weighted by Gasteiger charge is -2.36. The topological polar surface area (TPSA) is 101 Å². The number of rotatable bonds is 8. The second-order valence-electron chi connectivity index (χ2n) is 8.62. The predicted molar refractivity (Wildman–Crippen MR) is 134 cm³/mol. The normalized spacial score (nSPS) is 18.4. The van der Waals surface area contributed by atoms with E-state index in [-0.39, 0.29) is 6.10 Å². The van der Waals surface area contributed by atoms with Crippen LogP contribution in [0.25, 0.3) is 0 Å². The van der Waals surface area contributed by atoms with Gasteiger partial charge in [-0.2, -0.15) is 8.42 Å². The number of nitrogens with one attached hydrogen (secondary N) is 1. The van der Waals surface area contributed by atoms with Crippen LogP contribution < -0.4 is 15.0 Å². The standard InChI is InChI=1S/C24H33N3O2.CH4O3S/c1-2-28-23-9-5-14-26-24(23)27(20-11-15-25-16-12-20)17-6-10-22-21-8-4-3-7-19(21)13-18-29-22;1-5(2,3)4/h3-5,7-9,14,20,22,25H,2,6,10-13,15-18H2,1H3;1H3,(H,2,3,4). The molecule has 1 fully saturated rings. The summed E-state index contributed by atoms with van der Waals surface area (Å²) in [6.07, 6.45) is 8.24. The van der Waals surface area contributed by atoms with Crippen LogP contribution in [0.15, 0.2) is 42.6 Å². The van der Waals surface area contributed by atoms with Crippen LogP contribution in [0, 0.1) is 0 Å². The van der Waals surface area contributed by atoms with Gasteiger partial charge in [-0.25, -0.2) is 4.98 Å². The number of hydrogen-bond donors (Lipinski definition) is 2. The zero-order valence-electron chi connectivity index (χ0n) is 20.2.